The highest BCUT2D eigenvalue weighted by Crippen LogP contribution is 2.43. The summed E-state index contributed by atoms with van der Waals surface area (Å²) in [7, 11) is 0. The Balaban J connectivity index is 1.34. The Morgan fingerprint density at radius 3 is 1.59 bits per heavy atom. The van der Waals surface area contributed by atoms with E-state index in [9.17, 15) is 0 Å². The minimum atomic E-state index is 1.16. The standard InChI is InChI=1S/C42H28N2/c1-3-13-29(14-4-1)30-25-27-32(28-26-30)43-39-23-10-8-18-37(39)41-34(19-12-24-40(41)43)36-21-11-20-35-33-17-7-9-22-38(33)44(42(35)36)31-15-5-2-6-16-31/h1-28H. The van der Waals surface area contributed by atoms with Crippen molar-refractivity contribution in [3.05, 3.63) is 170 Å². The molecule has 2 heterocycles. The Morgan fingerprint density at radius 1 is 0.295 bits per heavy atom. The second kappa shape index (κ2) is 9.86. The number of nitrogens with zero attached hydrogens (tertiary/aromatic N) is 2. The Morgan fingerprint density at radius 2 is 0.818 bits per heavy atom. The van der Waals surface area contributed by atoms with E-state index in [2.05, 4.69) is 179 Å². The third-order valence-electron chi connectivity index (χ3n) is 8.93. The second-order valence-corrected chi connectivity index (χ2v) is 11.4. The highest BCUT2D eigenvalue weighted by molar-refractivity contribution is 6.20. The first-order chi connectivity index (χ1) is 21.9. The highest BCUT2D eigenvalue weighted by Gasteiger charge is 2.20. The summed E-state index contributed by atoms with van der Waals surface area (Å²) >= 11 is 0. The van der Waals surface area contributed by atoms with Gasteiger partial charge in [-0.05, 0) is 59.2 Å². The molecule has 0 unspecified atom stereocenters. The lowest BCUT2D eigenvalue weighted by Gasteiger charge is -2.13. The fourth-order valence-electron chi connectivity index (χ4n) is 7.04. The van der Waals surface area contributed by atoms with Gasteiger partial charge in [-0.3, -0.25) is 0 Å². The van der Waals surface area contributed by atoms with Crippen molar-refractivity contribution in [2.45, 2.75) is 0 Å². The molecule has 0 radical (unpaired) electrons. The van der Waals surface area contributed by atoms with Crippen LogP contribution < -0.4 is 0 Å². The zero-order valence-corrected chi connectivity index (χ0v) is 24.1. The van der Waals surface area contributed by atoms with Crippen LogP contribution in [0.1, 0.15) is 0 Å². The van der Waals surface area contributed by atoms with Gasteiger partial charge in [0, 0.05) is 38.5 Å². The zero-order valence-electron chi connectivity index (χ0n) is 24.1. The summed E-state index contributed by atoms with van der Waals surface area (Å²) in [4.78, 5) is 0. The van der Waals surface area contributed by atoms with E-state index in [0.29, 0.717) is 0 Å². The monoisotopic (exact) mass is 560 g/mol. The van der Waals surface area contributed by atoms with E-state index in [1.54, 1.807) is 0 Å². The van der Waals surface area contributed by atoms with E-state index in [1.807, 2.05) is 0 Å². The van der Waals surface area contributed by atoms with Gasteiger partial charge in [0.2, 0.25) is 0 Å². The molecule has 7 aromatic carbocycles. The lowest BCUT2D eigenvalue weighted by Crippen LogP contribution is -1.96. The largest absolute Gasteiger partial charge is 0.309 e. The summed E-state index contributed by atoms with van der Waals surface area (Å²) in [6.45, 7) is 0. The molecule has 0 N–H and O–H groups in total. The fourth-order valence-corrected chi connectivity index (χ4v) is 7.04. The van der Waals surface area contributed by atoms with Gasteiger partial charge in [0.15, 0.2) is 0 Å². The summed E-state index contributed by atoms with van der Waals surface area (Å²) < 4.78 is 4.84. The van der Waals surface area contributed by atoms with E-state index in [-0.39, 0.29) is 0 Å². The molecular formula is C42H28N2. The lowest BCUT2D eigenvalue weighted by molar-refractivity contribution is 1.18. The summed E-state index contributed by atoms with van der Waals surface area (Å²) in [5.41, 5.74) is 12.1. The van der Waals surface area contributed by atoms with Gasteiger partial charge in [-0.2, -0.15) is 0 Å². The number of hydrogen-bond acceptors (Lipinski definition) is 0. The van der Waals surface area contributed by atoms with Crippen LogP contribution in [0.4, 0.5) is 0 Å². The van der Waals surface area contributed by atoms with Gasteiger partial charge in [0.25, 0.3) is 0 Å². The van der Waals surface area contributed by atoms with Gasteiger partial charge in [0.05, 0.1) is 22.1 Å². The van der Waals surface area contributed by atoms with Crippen LogP contribution in [0.15, 0.2) is 170 Å². The van der Waals surface area contributed by atoms with Crippen molar-refractivity contribution in [1.82, 2.24) is 9.13 Å². The Hall–Kier alpha value is -5.86. The molecule has 2 nitrogen and oxygen atoms in total. The number of aromatic nitrogens is 2. The summed E-state index contributed by atoms with van der Waals surface area (Å²) in [6, 6.07) is 61.3. The zero-order chi connectivity index (χ0) is 29.0. The van der Waals surface area contributed by atoms with Crippen molar-refractivity contribution in [2.24, 2.45) is 0 Å². The van der Waals surface area contributed by atoms with Crippen molar-refractivity contribution >= 4 is 43.6 Å². The summed E-state index contributed by atoms with van der Waals surface area (Å²) in [5.74, 6) is 0. The number of hydrogen-bond donors (Lipinski definition) is 0. The molecular weight excluding hydrogens is 532 g/mol. The third kappa shape index (κ3) is 3.68. The van der Waals surface area contributed by atoms with Gasteiger partial charge in [-0.1, -0.05) is 127 Å². The molecule has 0 saturated heterocycles. The normalized spacial score (nSPS) is 11.6. The van der Waals surface area contributed by atoms with Crippen LogP contribution in [0.25, 0.3) is 77.2 Å². The van der Waals surface area contributed by atoms with Crippen LogP contribution in [0.5, 0.6) is 0 Å². The topological polar surface area (TPSA) is 9.86 Å². The molecule has 206 valence electrons. The molecule has 0 aliphatic rings. The maximum atomic E-state index is 2.43. The molecule has 0 bridgehead atoms. The highest BCUT2D eigenvalue weighted by atomic mass is 15.0. The predicted octanol–water partition coefficient (Wildman–Crippen LogP) is 11.2. The van der Waals surface area contributed by atoms with E-state index < -0.39 is 0 Å². The lowest BCUT2D eigenvalue weighted by atomic mass is 9.97. The number of rotatable bonds is 4. The molecule has 0 spiro atoms. The van der Waals surface area contributed by atoms with Crippen LogP contribution in [-0.2, 0) is 0 Å². The molecule has 0 fully saturated rings. The second-order valence-electron chi connectivity index (χ2n) is 11.4. The summed E-state index contributed by atoms with van der Waals surface area (Å²) in [6.07, 6.45) is 0. The minimum Gasteiger partial charge on any atom is -0.309 e. The average Bonchev–Trinajstić information content (AvgIpc) is 3.62. The molecule has 9 aromatic rings. The number of para-hydroxylation sites is 4. The first-order valence-corrected chi connectivity index (χ1v) is 15.1. The molecule has 0 aliphatic carbocycles. The Kier molecular flexibility index (Phi) is 5.54. The van der Waals surface area contributed by atoms with Crippen molar-refractivity contribution in [1.29, 1.82) is 0 Å². The van der Waals surface area contributed by atoms with Gasteiger partial charge in [-0.25, -0.2) is 0 Å². The van der Waals surface area contributed by atoms with Crippen molar-refractivity contribution in [2.75, 3.05) is 0 Å². The van der Waals surface area contributed by atoms with Crippen LogP contribution >= 0.6 is 0 Å². The van der Waals surface area contributed by atoms with Gasteiger partial charge < -0.3 is 9.13 Å². The first-order valence-electron chi connectivity index (χ1n) is 15.1. The molecule has 9 rings (SSSR count). The Labute approximate surface area is 255 Å². The summed E-state index contributed by atoms with van der Waals surface area (Å²) in [5, 5.41) is 5.05. The molecule has 0 amide bonds. The van der Waals surface area contributed by atoms with Gasteiger partial charge >= 0.3 is 0 Å². The quantitative estimate of drug-likeness (QED) is 0.203. The predicted molar refractivity (Wildman–Crippen MR) is 186 cm³/mol. The number of benzene rings is 7. The number of fused-ring (bicyclic) bond motifs is 6. The molecule has 0 atom stereocenters. The SMILES string of the molecule is c1ccc(-c2ccc(-n3c4ccccc4c4c(-c5cccc6c7ccccc7n(-c7ccccc7)c56)cccc43)cc2)cc1. The maximum absolute atomic E-state index is 2.43. The van der Waals surface area contributed by atoms with Crippen molar-refractivity contribution < 1.29 is 0 Å². The maximum Gasteiger partial charge on any atom is 0.0619 e. The average molecular weight is 561 g/mol. The van der Waals surface area contributed by atoms with Crippen LogP contribution in [0.3, 0.4) is 0 Å². The Bertz CT molecular complexity index is 2460. The first kappa shape index (κ1) is 24.7. The van der Waals surface area contributed by atoms with Crippen molar-refractivity contribution in [3.8, 4) is 33.6 Å². The van der Waals surface area contributed by atoms with Crippen LogP contribution in [0, 0.1) is 0 Å². The van der Waals surface area contributed by atoms with E-state index in [1.165, 1.54) is 71.6 Å². The fraction of sp³-hybridized carbons (Fsp3) is 0. The molecule has 0 aliphatic heterocycles. The molecule has 2 aromatic heterocycles. The van der Waals surface area contributed by atoms with E-state index >= 15 is 0 Å². The van der Waals surface area contributed by atoms with Crippen LogP contribution in [-0.4, -0.2) is 9.13 Å². The van der Waals surface area contributed by atoms with Crippen molar-refractivity contribution in [3.63, 3.8) is 0 Å². The molecule has 2 heteroatoms. The van der Waals surface area contributed by atoms with E-state index in [0.717, 1.165) is 5.69 Å². The molecule has 44 heavy (non-hydrogen) atoms. The smallest absolute Gasteiger partial charge is 0.0619 e. The van der Waals surface area contributed by atoms with E-state index in [4.69, 9.17) is 0 Å². The van der Waals surface area contributed by atoms with Gasteiger partial charge in [0.1, 0.15) is 0 Å². The minimum absolute atomic E-state index is 1.16. The van der Waals surface area contributed by atoms with Crippen LogP contribution in [0.2, 0.25) is 0 Å². The third-order valence-corrected chi connectivity index (χ3v) is 8.93. The molecule has 0 saturated carbocycles. The van der Waals surface area contributed by atoms with Gasteiger partial charge in [-0.15, -0.1) is 0 Å².